The van der Waals surface area contributed by atoms with Crippen LogP contribution in [0.2, 0.25) is 0 Å². The van der Waals surface area contributed by atoms with Gasteiger partial charge in [-0.05, 0) is 112 Å². The van der Waals surface area contributed by atoms with Crippen LogP contribution in [0.3, 0.4) is 0 Å². The summed E-state index contributed by atoms with van der Waals surface area (Å²) < 4.78 is 35.9. The Hall–Kier alpha value is 3.77. The van der Waals surface area contributed by atoms with E-state index in [9.17, 15) is 8.42 Å². The average molecular weight is 599 g/mol. The first-order valence-electron chi connectivity index (χ1n) is 3.59. The number of nitrogens with zero attached hydrogens (tertiary/aromatic N) is 4. The lowest BCUT2D eigenvalue weighted by molar-refractivity contribution is 0.601. The molecule has 6 nitrogen and oxygen atoms in total. The summed E-state index contributed by atoms with van der Waals surface area (Å²) >= 11 is 54.7. The summed E-state index contributed by atoms with van der Waals surface area (Å²) in [5.74, 6) is -7.78. The largest absolute Gasteiger partial charge is 0.367 e. The highest BCUT2D eigenvalue weighted by Crippen LogP contribution is 2.78. The van der Waals surface area contributed by atoms with Crippen molar-refractivity contribution in [1.82, 2.24) is 0 Å². The molecule has 0 aromatic rings. The summed E-state index contributed by atoms with van der Waals surface area (Å²) in [6.07, 6.45) is 0. The maximum absolute atomic E-state index is 11.7. The number of rotatable bonds is 4. The monoisotopic (exact) mass is 594 g/mol. The van der Waals surface area contributed by atoms with Crippen LogP contribution in [-0.2, 0) is 10.2 Å². The minimum Gasteiger partial charge on any atom is -0.190 e. The van der Waals surface area contributed by atoms with E-state index in [4.69, 9.17) is 112 Å². The van der Waals surface area contributed by atoms with Gasteiger partial charge in [0.1, 0.15) is 0 Å². The van der Waals surface area contributed by atoms with Crippen LogP contribution in [0.5, 0.6) is 0 Å². The third-order valence-corrected chi connectivity index (χ3v) is 15.7. The highest BCUT2D eigenvalue weighted by molar-refractivity contribution is 8.31. The van der Waals surface area contributed by atoms with Gasteiger partial charge in [-0.2, -0.15) is 17.4 Å². The zero-order chi connectivity index (χ0) is 17.3. The van der Waals surface area contributed by atoms with Crippen LogP contribution in [0.1, 0.15) is 0 Å². The summed E-state index contributed by atoms with van der Waals surface area (Å²) in [4.78, 5) is 0. The second-order valence-corrected chi connectivity index (χ2v) is 28.3. The molecule has 0 saturated carbocycles. The van der Waals surface area contributed by atoms with Crippen molar-refractivity contribution in [3.8, 4) is 0 Å². The quantitative estimate of drug-likeness (QED) is 0.302. The Bertz CT molecular complexity index is 640. The third kappa shape index (κ3) is 14.6. The van der Waals surface area contributed by atoms with Crippen LogP contribution >= 0.6 is 134 Å². The SMILES string of the molecule is O=S(=O)(N=P(Cl)(Cl)N=P(Cl)(Cl)Cl)N=P(Cl)(Cl)N=P(Cl)(Cl)Cl. The molecule has 0 aliphatic heterocycles. The average Bonchev–Trinajstić information content (AvgIpc) is 1.83. The molecular formula is Cl10N4O2P4S. The number of hydrogen-bond donors (Lipinski definition) is 0. The molecule has 0 spiro atoms. The van der Waals surface area contributed by atoms with Gasteiger partial charge in [0.05, 0.1) is 0 Å². The molecule has 0 heterocycles. The molecule has 0 radical (unpaired) electrons. The van der Waals surface area contributed by atoms with Crippen molar-refractivity contribution in [3.63, 3.8) is 0 Å². The molecule has 0 aliphatic rings. The number of halogens is 10. The molecule has 0 saturated heterocycles. The fourth-order valence-corrected chi connectivity index (χ4v) is 21.2. The maximum Gasteiger partial charge on any atom is 0.367 e. The molecule has 21 heavy (non-hydrogen) atoms. The predicted molar refractivity (Wildman–Crippen MR) is 105 cm³/mol. The van der Waals surface area contributed by atoms with Gasteiger partial charge in [-0.25, -0.2) is 0 Å². The minimum atomic E-state index is -4.72. The molecule has 0 aliphatic carbocycles. The molecule has 21 heteroatoms. The van der Waals surface area contributed by atoms with E-state index in [2.05, 4.69) is 17.3 Å². The standard InChI is InChI=1S/Cl10N4O2P4S/c1-17(2,3)11-19(7,8)13-21(15,16)14-20(9,10)12-18(4,5)6. The van der Waals surface area contributed by atoms with Gasteiger partial charge < -0.3 is 0 Å². The van der Waals surface area contributed by atoms with Crippen LogP contribution in [0.25, 0.3) is 0 Å². The Morgan fingerprint density at radius 2 is 0.810 bits per heavy atom. The summed E-state index contributed by atoms with van der Waals surface area (Å²) in [7, 11) is -4.72. The minimum absolute atomic E-state index is 2.98. The van der Waals surface area contributed by atoms with Crippen molar-refractivity contribution in [2.75, 3.05) is 0 Å². The van der Waals surface area contributed by atoms with E-state index in [1.54, 1.807) is 0 Å². The van der Waals surface area contributed by atoms with Crippen molar-refractivity contribution >= 4 is 145 Å². The van der Waals surface area contributed by atoms with Crippen molar-refractivity contribution < 1.29 is 8.42 Å². The van der Waals surface area contributed by atoms with E-state index in [0.717, 1.165) is 0 Å². The van der Waals surface area contributed by atoms with Gasteiger partial charge in [-0.1, -0.05) is 0 Å². The third-order valence-electron chi connectivity index (χ3n) is 0.821. The Balaban J connectivity index is 6.09. The van der Waals surface area contributed by atoms with Gasteiger partial charge >= 0.3 is 10.2 Å². The summed E-state index contributed by atoms with van der Waals surface area (Å²) in [5.41, 5.74) is 0. The van der Waals surface area contributed by atoms with E-state index in [1.165, 1.54) is 0 Å². The van der Waals surface area contributed by atoms with Crippen LogP contribution in [-0.4, -0.2) is 8.42 Å². The fourth-order valence-electron chi connectivity index (χ4n) is 0.541. The van der Waals surface area contributed by atoms with Crippen LogP contribution < -0.4 is 0 Å². The smallest absolute Gasteiger partial charge is 0.190 e. The first-order chi connectivity index (χ1) is 8.83. The number of hydrogen-bond acceptors (Lipinski definition) is 2. The maximum atomic E-state index is 11.7. The van der Waals surface area contributed by atoms with Crippen molar-refractivity contribution in [3.05, 3.63) is 0 Å². The molecule has 0 aromatic carbocycles. The van der Waals surface area contributed by atoms with E-state index in [1.807, 2.05) is 0 Å². The topological polar surface area (TPSA) is 83.6 Å². The molecule has 0 bridgehead atoms. The lowest BCUT2D eigenvalue weighted by Gasteiger charge is -2.06. The molecule has 128 valence electrons. The molecule has 0 rings (SSSR count). The van der Waals surface area contributed by atoms with Crippen molar-refractivity contribution in [2.24, 2.45) is 17.3 Å². The second-order valence-electron chi connectivity index (χ2n) is 2.54. The second kappa shape index (κ2) is 8.64. The van der Waals surface area contributed by atoms with E-state index in [-0.39, 0.29) is 0 Å². The summed E-state index contributed by atoms with van der Waals surface area (Å²) in [5, 5.41) is -6.84. The molecule has 0 amide bonds. The highest BCUT2D eigenvalue weighted by atomic mass is 36.1. The van der Waals surface area contributed by atoms with Gasteiger partial charge in [0.15, 0.2) is 0 Å². The zero-order valence-electron chi connectivity index (χ0n) is 8.58. The molecule has 0 N–H and O–H groups in total. The van der Waals surface area contributed by atoms with Gasteiger partial charge in [-0.15, -0.1) is 8.30 Å². The van der Waals surface area contributed by atoms with Crippen LogP contribution in [0.4, 0.5) is 0 Å². The highest BCUT2D eigenvalue weighted by Gasteiger charge is 2.25. The van der Waals surface area contributed by atoms with Gasteiger partial charge in [0.25, 0.3) is 11.8 Å². The van der Waals surface area contributed by atoms with Crippen LogP contribution in [0, 0.1) is 0 Å². The van der Waals surface area contributed by atoms with Crippen molar-refractivity contribution in [2.45, 2.75) is 0 Å². The Morgan fingerprint density at radius 3 is 1.00 bits per heavy atom. The van der Waals surface area contributed by atoms with E-state index >= 15 is 0 Å². The van der Waals surface area contributed by atoms with Gasteiger partial charge in [0, 0.05) is 0 Å². The Labute approximate surface area is 168 Å². The summed E-state index contributed by atoms with van der Waals surface area (Å²) in [6, 6.07) is 0. The zero-order valence-corrected chi connectivity index (χ0v) is 20.5. The lowest BCUT2D eigenvalue weighted by atomic mass is 13.8. The molecule has 0 aromatic heterocycles. The van der Waals surface area contributed by atoms with E-state index in [0.29, 0.717) is 0 Å². The van der Waals surface area contributed by atoms with E-state index < -0.39 is 32.3 Å². The van der Waals surface area contributed by atoms with Crippen LogP contribution in [0.15, 0.2) is 17.3 Å². The van der Waals surface area contributed by atoms with Gasteiger partial charge in [-0.3, -0.25) is 0 Å². The predicted octanol–water partition coefficient (Wildman–Crippen LogP) is 10.4. The normalized spacial score (nSPS) is 14.6. The molecule has 0 atom stereocenters. The Kier molecular flexibility index (Phi) is 10.2. The molecule has 0 unspecified atom stereocenters. The van der Waals surface area contributed by atoms with Crippen molar-refractivity contribution in [1.29, 1.82) is 0 Å². The Morgan fingerprint density at radius 1 is 0.571 bits per heavy atom. The summed E-state index contributed by atoms with van der Waals surface area (Å²) in [6.45, 7) is 0. The van der Waals surface area contributed by atoms with Gasteiger partial charge in [0.2, 0.25) is 10.2 Å². The molecular weight excluding hydrogens is 599 g/mol. The fraction of sp³-hybridized carbons (Fsp3) is 0. The molecule has 0 fully saturated rings. The lowest BCUT2D eigenvalue weighted by Crippen LogP contribution is -1.85. The first-order valence-corrected chi connectivity index (χ1v) is 20.9. The first kappa shape index (κ1) is 24.8.